The molecule has 272 valence electrons. The summed E-state index contributed by atoms with van der Waals surface area (Å²) in [6.07, 6.45) is 2.86. The zero-order valence-electron chi connectivity index (χ0n) is 28.1. The predicted octanol–water partition coefficient (Wildman–Crippen LogP) is 3.95. The van der Waals surface area contributed by atoms with Crippen molar-refractivity contribution in [2.45, 2.75) is 19.9 Å². The third-order valence-electron chi connectivity index (χ3n) is 9.35. The van der Waals surface area contributed by atoms with Crippen molar-refractivity contribution in [2.24, 2.45) is 4.99 Å². The minimum absolute atomic E-state index is 0.00218. The number of phenols is 3. The predicted molar refractivity (Wildman–Crippen MR) is 198 cm³/mol. The van der Waals surface area contributed by atoms with Crippen LogP contribution in [0.25, 0.3) is 10.9 Å². The highest BCUT2D eigenvalue weighted by Gasteiger charge is 2.36. The van der Waals surface area contributed by atoms with Gasteiger partial charge in [0.1, 0.15) is 22.9 Å². The zero-order chi connectivity index (χ0) is 37.7. The number of nitrogens with zero attached hydrogens (tertiary/aromatic N) is 7. The van der Waals surface area contributed by atoms with Crippen LogP contribution < -0.4 is 21.0 Å². The van der Waals surface area contributed by atoms with Crippen LogP contribution in [0.15, 0.2) is 69.1 Å². The molecule has 1 amide bonds. The first-order valence-electron chi connectivity index (χ1n) is 16.5. The van der Waals surface area contributed by atoms with Crippen molar-refractivity contribution in [3.8, 4) is 17.2 Å². The molecule has 0 unspecified atom stereocenters. The number of halogens is 2. The number of carboxylic acid groups (broad SMARTS) is 1. The summed E-state index contributed by atoms with van der Waals surface area (Å²) in [7, 11) is 0. The van der Waals surface area contributed by atoms with Gasteiger partial charge in [0, 0.05) is 72.5 Å². The van der Waals surface area contributed by atoms with E-state index in [0.29, 0.717) is 66.3 Å². The number of carbonyl (C=O) groups excluding carboxylic acids is 1. The molecule has 0 radical (unpaired) electrons. The molecule has 1 saturated heterocycles. The van der Waals surface area contributed by atoms with Gasteiger partial charge in [-0.15, -0.1) is 0 Å². The quantitative estimate of drug-likeness (QED) is 0.142. The summed E-state index contributed by atoms with van der Waals surface area (Å²) in [4.78, 5) is 56.9. The summed E-state index contributed by atoms with van der Waals surface area (Å²) < 4.78 is 17.8. The molecule has 4 heterocycles. The minimum atomic E-state index is -1.37. The van der Waals surface area contributed by atoms with Crippen LogP contribution in [-0.2, 0) is 17.8 Å². The fourth-order valence-corrected chi connectivity index (χ4v) is 6.96. The molecule has 3 aromatic carbocycles. The lowest BCUT2D eigenvalue weighted by Crippen LogP contribution is -2.51. The molecule has 17 heteroatoms. The highest BCUT2D eigenvalue weighted by Crippen LogP contribution is 2.37. The van der Waals surface area contributed by atoms with Crippen LogP contribution in [-0.4, -0.2) is 90.3 Å². The number of aromatic hydroxyl groups is 3. The number of piperazine rings is 1. The van der Waals surface area contributed by atoms with Crippen LogP contribution in [0.3, 0.4) is 0 Å². The molecule has 0 atom stereocenters. The van der Waals surface area contributed by atoms with Gasteiger partial charge in [0.2, 0.25) is 5.43 Å². The van der Waals surface area contributed by atoms with Gasteiger partial charge >= 0.3 is 5.97 Å². The summed E-state index contributed by atoms with van der Waals surface area (Å²) in [5.41, 5.74) is 8.04. The molecule has 2 aliphatic rings. The lowest BCUT2D eigenvalue weighted by Gasteiger charge is -2.38. The maximum absolute atomic E-state index is 15.5. The Kier molecular flexibility index (Phi) is 9.21. The van der Waals surface area contributed by atoms with E-state index in [4.69, 9.17) is 5.73 Å². The van der Waals surface area contributed by atoms with Crippen molar-refractivity contribution in [1.29, 1.82) is 0 Å². The fraction of sp³-hybridized carbons (Fsp3) is 0.222. The number of rotatable bonds is 8. The van der Waals surface area contributed by atoms with Gasteiger partial charge in [0.15, 0.2) is 17.2 Å². The normalized spacial score (nSPS) is 15.5. The van der Waals surface area contributed by atoms with Crippen LogP contribution >= 0.6 is 15.9 Å². The standard InChI is InChI=1S/C36H32BrFN8O7/c1-2-44-16-23(35(52)53)31(49)22-13-24(38)27(14-26(22)44)45-7-5-43(6-8-45)17-46-25-4-3-20(37)12-21(25)30(34(46)51)41-36-40-15-19(33(39)42-36)9-18-10-28(47)32(50)29(48)11-18/h3-4,10-16,47-48,50H,2,5-9,17H2,1H3,(H,52,53)(H2,39,40,42)/b41-30-. The molecule has 5 aromatic rings. The Morgan fingerprint density at radius 1 is 1.02 bits per heavy atom. The number of carboxylic acids is 1. The topological polar surface area (TPSA) is 211 Å². The smallest absolute Gasteiger partial charge is 0.341 e. The fourth-order valence-electron chi connectivity index (χ4n) is 6.60. The van der Waals surface area contributed by atoms with Crippen molar-refractivity contribution in [3.05, 3.63) is 97.6 Å². The number of aromatic carboxylic acids is 1. The SMILES string of the molecule is CCn1cc(C(=O)O)c(=O)c2cc(F)c(N3CCN(CN4C(=O)/C(=N\c5ncc(Cc6cc(O)c(O)c(O)c6)c(N)n5)c5cc(Br)ccc54)CC3)cc21. The van der Waals surface area contributed by atoms with E-state index in [9.17, 15) is 34.8 Å². The van der Waals surface area contributed by atoms with Gasteiger partial charge in [-0.3, -0.25) is 19.4 Å². The van der Waals surface area contributed by atoms with Crippen LogP contribution in [0.1, 0.15) is 34.0 Å². The summed E-state index contributed by atoms with van der Waals surface area (Å²) >= 11 is 3.48. The number of pyridine rings is 1. The molecule has 2 aliphatic heterocycles. The van der Waals surface area contributed by atoms with Gasteiger partial charge < -0.3 is 35.6 Å². The van der Waals surface area contributed by atoms with Crippen LogP contribution in [0.5, 0.6) is 17.2 Å². The van der Waals surface area contributed by atoms with E-state index in [-0.39, 0.29) is 41.9 Å². The Bertz CT molecular complexity index is 2410. The lowest BCUT2D eigenvalue weighted by molar-refractivity contribution is -0.112. The van der Waals surface area contributed by atoms with Crippen molar-refractivity contribution in [3.63, 3.8) is 0 Å². The number of fused-ring (bicyclic) bond motifs is 2. The summed E-state index contributed by atoms with van der Waals surface area (Å²) in [5, 5.41) is 38.8. The van der Waals surface area contributed by atoms with Crippen molar-refractivity contribution in [1.82, 2.24) is 19.4 Å². The van der Waals surface area contributed by atoms with E-state index in [1.807, 2.05) is 24.0 Å². The van der Waals surface area contributed by atoms with Crippen LogP contribution in [0.4, 0.5) is 27.5 Å². The molecule has 1 fully saturated rings. The second kappa shape index (κ2) is 13.8. The second-order valence-electron chi connectivity index (χ2n) is 12.6. The number of amides is 1. The number of aryl methyl sites for hydroxylation is 1. The van der Waals surface area contributed by atoms with E-state index < -0.39 is 40.0 Å². The molecule has 15 nitrogen and oxygen atoms in total. The number of aromatic nitrogens is 3. The molecule has 7 rings (SSSR count). The molecular weight excluding hydrogens is 755 g/mol. The second-order valence-corrected chi connectivity index (χ2v) is 13.5. The number of hydrogen-bond donors (Lipinski definition) is 5. The Balaban J connectivity index is 1.09. The summed E-state index contributed by atoms with van der Waals surface area (Å²) in [5.74, 6) is -3.94. The van der Waals surface area contributed by atoms with Crippen molar-refractivity contribution in [2.75, 3.05) is 48.4 Å². The van der Waals surface area contributed by atoms with Crippen LogP contribution in [0, 0.1) is 5.82 Å². The maximum Gasteiger partial charge on any atom is 0.341 e. The molecule has 53 heavy (non-hydrogen) atoms. The molecule has 0 saturated carbocycles. The van der Waals surface area contributed by atoms with Gasteiger partial charge in [0.25, 0.3) is 11.9 Å². The van der Waals surface area contributed by atoms with E-state index in [0.717, 1.165) is 10.5 Å². The number of carbonyl (C=O) groups is 2. The number of nitrogen functional groups attached to an aromatic ring is 1. The van der Waals surface area contributed by atoms with Gasteiger partial charge in [-0.05, 0) is 55.0 Å². The first-order chi connectivity index (χ1) is 25.3. The highest BCUT2D eigenvalue weighted by atomic mass is 79.9. The lowest BCUT2D eigenvalue weighted by atomic mass is 10.1. The Hall–Kier alpha value is -6.07. The Morgan fingerprint density at radius 2 is 1.74 bits per heavy atom. The highest BCUT2D eigenvalue weighted by molar-refractivity contribution is 9.10. The van der Waals surface area contributed by atoms with E-state index in [1.54, 1.807) is 21.6 Å². The number of hydrogen-bond acceptors (Lipinski definition) is 12. The van der Waals surface area contributed by atoms with E-state index in [2.05, 4.69) is 35.8 Å². The van der Waals surface area contributed by atoms with E-state index >= 15 is 4.39 Å². The monoisotopic (exact) mass is 786 g/mol. The van der Waals surface area contributed by atoms with Gasteiger partial charge in [-0.2, -0.15) is 4.98 Å². The van der Waals surface area contributed by atoms with Gasteiger partial charge in [0.05, 0.1) is 23.6 Å². The first-order valence-corrected chi connectivity index (χ1v) is 17.2. The molecule has 2 aromatic heterocycles. The third kappa shape index (κ3) is 6.60. The number of anilines is 3. The van der Waals surface area contributed by atoms with E-state index in [1.165, 1.54) is 24.5 Å². The summed E-state index contributed by atoms with van der Waals surface area (Å²) in [6.45, 7) is 4.22. The molecule has 0 bridgehead atoms. The molecular formula is C36H32BrFN8O7. The maximum atomic E-state index is 15.5. The van der Waals surface area contributed by atoms with Crippen LogP contribution in [0.2, 0.25) is 0 Å². The zero-order valence-corrected chi connectivity index (χ0v) is 29.7. The van der Waals surface area contributed by atoms with Crippen molar-refractivity contribution >= 4 is 67.6 Å². The third-order valence-corrected chi connectivity index (χ3v) is 9.84. The van der Waals surface area contributed by atoms with Gasteiger partial charge in [-0.25, -0.2) is 19.2 Å². The number of phenolic OH excluding ortho intramolecular Hbond substituents is 3. The average Bonchev–Trinajstić information content (AvgIpc) is 3.37. The largest absolute Gasteiger partial charge is 0.504 e. The molecule has 0 spiro atoms. The summed E-state index contributed by atoms with van der Waals surface area (Å²) in [6, 6.07) is 10.7. The average molecular weight is 788 g/mol. The minimum Gasteiger partial charge on any atom is -0.504 e. The molecule has 6 N–H and O–H groups in total. The first kappa shape index (κ1) is 35.3. The Morgan fingerprint density at radius 3 is 2.40 bits per heavy atom. The number of benzene rings is 3. The molecule has 0 aliphatic carbocycles. The van der Waals surface area contributed by atoms with Crippen molar-refractivity contribution < 1.29 is 34.4 Å². The number of aliphatic imine (C=N–C) groups is 1. The number of nitrogens with two attached hydrogens (primary N) is 1. The van der Waals surface area contributed by atoms with Gasteiger partial charge in [-0.1, -0.05) is 15.9 Å². The Labute approximate surface area is 308 Å².